The zero-order valence-electron chi connectivity index (χ0n) is 12.9. The molecule has 3 N–H and O–H groups in total. The van der Waals surface area contributed by atoms with Crippen molar-refractivity contribution in [2.75, 3.05) is 6.54 Å². The Balaban J connectivity index is 2.98. The number of rotatable bonds is 6. The Morgan fingerprint density at radius 2 is 1.95 bits per heavy atom. The quantitative estimate of drug-likeness (QED) is 0.791. The molecule has 21 heavy (non-hydrogen) atoms. The summed E-state index contributed by atoms with van der Waals surface area (Å²) in [5.74, 6) is 5.99. The van der Waals surface area contributed by atoms with Crippen molar-refractivity contribution in [1.29, 1.82) is 0 Å². The van der Waals surface area contributed by atoms with Crippen molar-refractivity contribution < 1.29 is 8.42 Å². The van der Waals surface area contributed by atoms with E-state index < -0.39 is 10.0 Å². The summed E-state index contributed by atoms with van der Waals surface area (Å²) >= 11 is 0. The summed E-state index contributed by atoms with van der Waals surface area (Å²) in [5, 5.41) is 0. The van der Waals surface area contributed by atoms with Gasteiger partial charge in [-0.2, -0.15) is 0 Å². The van der Waals surface area contributed by atoms with Gasteiger partial charge in [0.15, 0.2) is 0 Å². The van der Waals surface area contributed by atoms with Crippen molar-refractivity contribution in [3.63, 3.8) is 0 Å². The summed E-state index contributed by atoms with van der Waals surface area (Å²) in [5.41, 5.74) is 5.83. The fourth-order valence-corrected chi connectivity index (χ4v) is 3.52. The standard InChI is InChI=1S/C16H24N2O2S/c1-4-13(2)12-14(3)18-21(19,20)16-10-6-5-8-15(16)9-7-11-17/h5-6,8,10,13-14,18H,4,11-12,17H2,1-3H3. The third-order valence-electron chi connectivity index (χ3n) is 3.31. The first-order valence-corrected chi connectivity index (χ1v) is 8.69. The number of sulfonamides is 1. The van der Waals surface area contributed by atoms with Crippen LogP contribution in [0.3, 0.4) is 0 Å². The Labute approximate surface area is 128 Å². The molecule has 0 heterocycles. The first-order valence-electron chi connectivity index (χ1n) is 7.21. The second kappa shape index (κ2) is 8.18. The van der Waals surface area contributed by atoms with Crippen LogP contribution in [0.1, 0.15) is 39.2 Å². The van der Waals surface area contributed by atoms with Gasteiger partial charge in [0.05, 0.1) is 11.4 Å². The molecule has 1 rings (SSSR count). The molecule has 0 fully saturated rings. The first kappa shape index (κ1) is 17.7. The van der Waals surface area contributed by atoms with Crippen LogP contribution in [0, 0.1) is 17.8 Å². The molecule has 4 nitrogen and oxygen atoms in total. The Bertz CT molecular complexity index is 615. The van der Waals surface area contributed by atoms with E-state index in [-0.39, 0.29) is 17.5 Å². The van der Waals surface area contributed by atoms with Crippen molar-refractivity contribution in [1.82, 2.24) is 4.72 Å². The summed E-state index contributed by atoms with van der Waals surface area (Å²) in [6.07, 6.45) is 1.84. The molecule has 0 aliphatic rings. The number of nitrogens with two attached hydrogens (primary N) is 1. The van der Waals surface area contributed by atoms with Crippen LogP contribution in [0.15, 0.2) is 29.2 Å². The van der Waals surface area contributed by atoms with Crippen molar-refractivity contribution in [2.45, 2.75) is 44.6 Å². The molecule has 0 aromatic heterocycles. The van der Waals surface area contributed by atoms with Crippen molar-refractivity contribution in [3.05, 3.63) is 29.8 Å². The van der Waals surface area contributed by atoms with Crippen LogP contribution in [0.2, 0.25) is 0 Å². The number of hydrogen-bond donors (Lipinski definition) is 2. The zero-order valence-corrected chi connectivity index (χ0v) is 13.7. The molecule has 5 heteroatoms. The zero-order chi connectivity index (χ0) is 15.9. The van der Waals surface area contributed by atoms with Crippen LogP contribution < -0.4 is 10.5 Å². The van der Waals surface area contributed by atoms with E-state index in [0.29, 0.717) is 11.5 Å². The van der Waals surface area contributed by atoms with Gasteiger partial charge < -0.3 is 5.73 Å². The van der Waals surface area contributed by atoms with Gasteiger partial charge in [0.25, 0.3) is 0 Å². The second-order valence-electron chi connectivity index (χ2n) is 5.27. The summed E-state index contributed by atoms with van der Waals surface area (Å²) in [4.78, 5) is 0.210. The van der Waals surface area contributed by atoms with Crippen LogP contribution in [0.25, 0.3) is 0 Å². The monoisotopic (exact) mass is 308 g/mol. The summed E-state index contributed by atoms with van der Waals surface area (Å²) in [6, 6.07) is 6.61. The normalized spacial score (nSPS) is 14.1. The molecule has 0 amide bonds. The molecular weight excluding hydrogens is 284 g/mol. The largest absolute Gasteiger partial charge is 0.320 e. The second-order valence-corrected chi connectivity index (χ2v) is 6.96. The Morgan fingerprint density at radius 1 is 1.29 bits per heavy atom. The van der Waals surface area contributed by atoms with Gasteiger partial charge in [-0.05, 0) is 31.4 Å². The molecule has 1 aromatic rings. The maximum atomic E-state index is 12.5. The maximum absolute atomic E-state index is 12.5. The molecule has 2 atom stereocenters. The lowest BCUT2D eigenvalue weighted by Gasteiger charge is -2.18. The van der Waals surface area contributed by atoms with Crippen molar-refractivity contribution in [3.8, 4) is 11.8 Å². The SMILES string of the molecule is CCC(C)CC(C)NS(=O)(=O)c1ccccc1C#CCN. The van der Waals surface area contributed by atoms with Crippen LogP contribution in [0.5, 0.6) is 0 Å². The average molecular weight is 308 g/mol. The maximum Gasteiger partial charge on any atom is 0.242 e. The fourth-order valence-electron chi connectivity index (χ4n) is 2.10. The molecule has 1 aromatic carbocycles. The Kier molecular flexibility index (Phi) is 6.90. The van der Waals surface area contributed by atoms with Crippen molar-refractivity contribution >= 4 is 10.0 Å². The van der Waals surface area contributed by atoms with Crippen LogP contribution in [-0.2, 0) is 10.0 Å². The first-order chi connectivity index (χ1) is 9.90. The lowest BCUT2D eigenvalue weighted by molar-refractivity contribution is 0.445. The van der Waals surface area contributed by atoms with E-state index >= 15 is 0 Å². The highest BCUT2D eigenvalue weighted by molar-refractivity contribution is 7.89. The average Bonchev–Trinajstić information content (AvgIpc) is 2.44. The third-order valence-corrected chi connectivity index (χ3v) is 4.96. The predicted octanol–water partition coefficient (Wildman–Crippen LogP) is 2.10. The summed E-state index contributed by atoms with van der Waals surface area (Å²) < 4.78 is 27.7. The highest BCUT2D eigenvalue weighted by Gasteiger charge is 2.20. The Hall–Kier alpha value is -1.35. The molecule has 0 radical (unpaired) electrons. The van der Waals surface area contributed by atoms with E-state index in [1.807, 2.05) is 6.92 Å². The van der Waals surface area contributed by atoms with Gasteiger partial charge in [-0.15, -0.1) is 0 Å². The van der Waals surface area contributed by atoms with Crippen LogP contribution in [0.4, 0.5) is 0 Å². The number of hydrogen-bond acceptors (Lipinski definition) is 3. The van der Waals surface area contributed by atoms with E-state index in [2.05, 4.69) is 30.4 Å². The van der Waals surface area contributed by atoms with E-state index in [1.54, 1.807) is 24.3 Å². The van der Waals surface area contributed by atoms with Gasteiger partial charge in [0.2, 0.25) is 10.0 Å². The van der Waals surface area contributed by atoms with Crippen LogP contribution >= 0.6 is 0 Å². The molecule has 0 aliphatic carbocycles. The highest BCUT2D eigenvalue weighted by Crippen LogP contribution is 2.17. The van der Waals surface area contributed by atoms with E-state index in [1.165, 1.54) is 0 Å². The molecule has 0 saturated heterocycles. The number of benzene rings is 1. The van der Waals surface area contributed by atoms with Gasteiger partial charge >= 0.3 is 0 Å². The summed E-state index contributed by atoms with van der Waals surface area (Å²) in [6.45, 7) is 6.30. The molecular formula is C16H24N2O2S. The molecule has 0 spiro atoms. The lowest BCUT2D eigenvalue weighted by Crippen LogP contribution is -2.34. The topological polar surface area (TPSA) is 72.2 Å². The van der Waals surface area contributed by atoms with Gasteiger partial charge in [0, 0.05) is 11.6 Å². The van der Waals surface area contributed by atoms with Gasteiger partial charge in [-0.1, -0.05) is 44.2 Å². The smallest absolute Gasteiger partial charge is 0.242 e. The van der Waals surface area contributed by atoms with Gasteiger partial charge in [-0.3, -0.25) is 0 Å². The molecule has 0 bridgehead atoms. The Morgan fingerprint density at radius 3 is 2.57 bits per heavy atom. The third kappa shape index (κ3) is 5.50. The minimum Gasteiger partial charge on any atom is -0.320 e. The minimum absolute atomic E-state index is 0.111. The molecule has 116 valence electrons. The van der Waals surface area contributed by atoms with Crippen LogP contribution in [-0.4, -0.2) is 21.0 Å². The predicted molar refractivity (Wildman–Crippen MR) is 86.2 cm³/mol. The molecule has 0 saturated carbocycles. The van der Waals surface area contributed by atoms with E-state index in [9.17, 15) is 8.42 Å². The summed E-state index contributed by atoms with van der Waals surface area (Å²) in [7, 11) is -3.57. The van der Waals surface area contributed by atoms with Gasteiger partial charge in [0.1, 0.15) is 0 Å². The minimum atomic E-state index is -3.57. The van der Waals surface area contributed by atoms with E-state index in [4.69, 9.17) is 5.73 Å². The molecule has 0 aliphatic heterocycles. The fraction of sp³-hybridized carbons (Fsp3) is 0.500. The van der Waals surface area contributed by atoms with Gasteiger partial charge in [-0.25, -0.2) is 13.1 Å². The highest BCUT2D eigenvalue weighted by atomic mass is 32.2. The van der Waals surface area contributed by atoms with E-state index in [0.717, 1.165) is 12.8 Å². The lowest BCUT2D eigenvalue weighted by atomic mass is 10.0. The molecule has 2 unspecified atom stereocenters. The number of nitrogens with one attached hydrogen (secondary N) is 1. The van der Waals surface area contributed by atoms with Crippen molar-refractivity contribution in [2.24, 2.45) is 11.7 Å².